The maximum atomic E-state index is 11.4. The van der Waals surface area contributed by atoms with Gasteiger partial charge in [0, 0.05) is 11.8 Å². The molecule has 1 aromatic heterocycles. The number of urea groups is 1. The fourth-order valence-corrected chi connectivity index (χ4v) is 1.10. The van der Waals surface area contributed by atoms with Crippen molar-refractivity contribution in [2.45, 2.75) is 0 Å². The molecular weight excluding hydrogens is 210 g/mol. The van der Waals surface area contributed by atoms with E-state index in [1.807, 2.05) is 0 Å². The standard InChI is InChI=1S/C10H9N3O3/c14-8-3-1-7(2-4-8)11-10(15)12-9-5-6-16-13-9/h1-6,14H,(H2,11,12,13,15). The fourth-order valence-electron chi connectivity index (χ4n) is 1.10. The summed E-state index contributed by atoms with van der Waals surface area (Å²) in [4.78, 5) is 11.4. The molecule has 16 heavy (non-hydrogen) atoms. The van der Waals surface area contributed by atoms with Gasteiger partial charge in [-0.25, -0.2) is 4.79 Å². The molecule has 6 nitrogen and oxygen atoms in total. The number of hydrogen-bond donors (Lipinski definition) is 3. The van der Waals surface area contributed by atoms with Crippen molar-refractivity contribution in [1.29, 1.82) is 0 Å². The largest absolute Gasteiger partial charge is 0.508 e. The monoisotopic (exact) mass is 219 g/mol. The lowest BCUT2D eigenvalue weighted by atomic mass is 10.3. The van der Waals surface area contributed by atoms with Gasteiger partial charge in [-0.2, -0.15) is 0 Å². The van der Waals surface area contributed by atoms with Crippen LogP contribution >= 0.6 is 0 Å². The third-order valence-electron chi connectivity index (χ3n) is 1.80. The van der Waals surface area contributed by atoms with Crippen LogP contribution in [0.15, 0.2) is 41.1 Å². The number of carbonyl (C=O) groups excluding carboxylic acids is 1. The second kappa shape index (κ2) is 4.35. The number of phenolic OH excluding ortho intramolecular Hbond substituents is 1. The predicted octanol–water partition coefficient (Wildman–Crippen LogP) is 2.02. The van der Waals surface area contributed by atoms with Crippen molar-refractivity contribution in [3.05, 3.63) is 36.6 Å². The number of carbonyl (C=O) groups is 1. The van der Waals surface area contributed by atoms with E-state index in [1.165, 1.54) is 24.5 Å². The maximum absolute atomic E-state index is 11.4. The second-order valence-electron chi connectivity index (χ2n) is 3.01. The van der Waals surface area contributed by atoms with E-state index in [2.05, 4.69) is 20.3 Å². The summed E-state index contributed by atoms with van der Waals surface area (Å²) < 4.78 is 4.56. The van der Waals surface area contributed by atoms with Gasteiger partial charge in [-0.15, -0.1) is 0 Å². The van der Waals surface area contributed by atoms with Crippen LogP contribution in [0.4, 0.5) is 16.3 Å². The molecule has 0 saturated carbocycles. The summed E-state index contributed by atoms with van der Waals surface area (Å²) in [5.74, 6) is 0.471. The number of hydrogen-bond acceptors (Lipinski definition) is 4. The number of aromatic hydroxyl groups is 1. The van der Waals surface area contributed by atoms with Gasteiger partial charge in [0.05, 0.1) is 0 Å². The first-order chi connectivity index (χ1) is 7.74. The summed E-state index contributed by atoms with van der Waals surface area (Å²) >= 11 is 0. The van der Waals surface area contributed by atoms with Crippen LogP contribution in [-0.4, -0.2) is 16.3 Å². The van der Waals surface area contributed by atoms with Crippen LogP contribution in [0.2, 0.25) is 0 Å². The Morgan fingerprint density at radius 2 is 1.94 bits per heavy atom. The van der Waals surface area contributed by atoms with Gasteiger partial charge < -0.3 is 14.9 Å². The Labute approximate surface area is 90.9 Å². The fraction of sp³-hybridized carbons (Fsp3) is 0. The van der Waals surface area contributed by atoms with Gasteiger partial charge in [-0.3, -0.25) is 5.32 Å². The molecule has 0 aliphatic carbocycles. The summed E-state index contributed by atoms with van der Waals surface area (Å²) in [6.45, 7) is 0. The number of rotatable bonds is 2. The van der Waals surface area contributed by atoms with E-state index in [-0.39, 0.29) is 5.75 Å². The molecule has 0 atom stereocenters. The molecule has 2 amide bonds. The van der Waals surface area contributed by atoms with Gasteiger partial charge in [0.1, 0.15) is 12.0 Å². The minimum atomic E-state index is -0.431. The van der Waals surface area contributed by atoms with E-state index in [0.717, 1.165) is 0 Å². The van der Waals surface area contributed by atoms with Crippen molar-refractivity contribution in [2.24, 2.45) is 0 Å². The molecule has 1 heterocycles. The van der Waals surface area contributed by atoms with Crippen LogP contribution in [-0.2, 0) is 0 Å². The summed E-state index contributed by atoms with van der Waals surface area (Å²) in [6.07, 6.45) is 1.36. The molecular formula is C10H9N3O3. The van der Waals surface area contributed by atoms with Gasteiger partial charge in [0.2, 0.25) is 0 Å². The number of phenols is 1. The second-order valence-corrected chi connectivity index (χ2v) is 3.01. The SMILES string of the molecule is O=C(Nc1ccc(O)cc1)Nc1ccon1. The molecule has 82 valence electrons. The highest BCUT2D eigenvalue weighted by Gasteiger charge is 2.03. The first-order valence-electron chi connectivity index (χ1n) is 4.51. The molecule has 0 aliphatic heterocycles. The molecule has 0 radical (unpaired) electrons. The van der Waals surface area contributed by atoms with E-state index in [1.54, 1.807) is 12.1 Å². The third-order valence-corrected chi connectivity index (χ3v) is 1.80. The van der Waals surface area contributed by atoms with Crippen molar-refractivity contribution >= 4 is 17.5 Å². The first kappa shape index (κ1) is 10.0. The van der Waals surface area contributed by atoms with Crippen LogP contribution in [0.1, 0.15) is 0 Å². The lowest BCUT2D eigenvalue weighted by Gasteiger charge is -2.04. The Morgan fingerprint density at radius 3 is 2.56 bits per heavy atom. The highest BCUT2D eigenvalue weighted by molar-refractivity contribution is 5.99. The van der Waals surface area contributed by atoms with Crippen molar-refractivity contribution in [3.63, 3.8) is 0 Å². The quantitative estimate of drug-likeness (QED) is 0.674. The number of nitrogens with zero attached hydrogens (tertiary/aromatic N) is 1. The normalized spacial score (nSPS) is 9.75. The van der Waals surface area contributed by atoms with E-state index >= 15 is 0 Å². The van der Waals surface area contributed by atoms with Crippen molar-refractivity contribution in [2.75, 3.05) is 10.6 Å². The van der Waals surface area contributed by atoms with Crippen LogP contribution < -0.4 is 10.6 Å². The molecule has 0 unspecified atom stereocenters. The number of amides is 2. The molecule has 0 fully saturated rings. The Kier molecular flexibility index (Phi) is 2.73. The average molecular weight is 219 g/mol. The van der Waals surface area contributed by atoms with Crippen LogP contribution in [0.25, 0.3) is 0 Å². The van der Waals surface area contributed by atoms with Crippen LogP contribution in [0, 0.1) is 0 Å². The number of anilines is 2. The molecule has 6 heteroatoms. The Morgan fingerprint density at radius 1 is 1.19 bits per heavy atom. The maximum Gasteiger partial charge on any atom is 0.324 e. The number of aromatic nitrogens is 1. The number of benzene rings is 1. The summed E-state index contributed by atoms with van der Waals surface area (Å²) in [7, 11) is 0. The minimum Gasteiger partial charge on any atom is -0.508 e. The third kappa shape index (κ3) is 2.50. The molecule has 3 N–H and O–H groups in total. The van der Waals surface area contributed by atoms with E-state index in [9.17, 15) is 4.79 Å². The molecule has 2 aromatic rings. The lowest BCUT2D eigenvalue weighted by molar-refractivity contribution is 0.262. The van der Waals surface area contributed by atoms with Crippen LogP contribution in [0.3, 0.4) is 0 Å². The Bertz CT molecular complexity index is 465. The van der Waals surface area contributed by atoms with E-state index in [0.29, 0.717) is 11.5 Å². The van der Waals surface area contributed by atoms with Gasteiger partial charge in [0.15, 0.2) is 5.82 Å². The zero-order valence-electron chi connectivity index (χ0n) is 8.18. The zero-order chi connectivity index (χ0) is 11.4. The highest BCUT2D eigenvalue weighted by atomic mass is 16.5. The van der Waals surface area contributed by atoms with Crippen molar-refractivity contribution in [3.8, 4) is 5.75 Å². The highest BCUT2D eigenvalue weighted by Crippen LogP contribution is 2.13. The minimum absolute atomic E-state index is 0.141. The van der Waals surface area contributed by atoms with Crippen LogP contribution in [0.5, 0.6) is 5.75 Å². The first-order valence-corrected chi connectivity index (χ1v) is 4.51. The average Bonchev–Trinajstić information content (AvgIpc) is 2.74. The number of nitrogens with one attached hydrogen (secondary N) is 2. The molecule has 0 spiro atoms. The van der Waals surface area contributed by atoms with Gasteiger partial charge in [-0.1, -0.05) is 5.16 Å². The van der Waals surface area contributed by atoms with Crippen molar-refractivity contribution in [1.82, 2.24) is 5.16 Å². The molecule has 0 saturated heterocycles. The summed E-state index contributed by atoms with van der Waals surface area (Å²) in [5, 5.41) is 17.6. The van der Waals surface area contributed by atoms with Crippen molar-refractivity contribution < 1.29 is 14.4 Å². The topological polar surface area (TPSA) is 87.4 Å². The van der Waals surface area contributed by atoms with E-state index in [4.69, 9.17) is 5.11 Å². The smallest absolute Gasteiger partial charge is 0.324 e. The predicted molar refractivity (Wildman–Crippen MR) is 57.3 cm³/mol. The Balaban J connectivity index is 1.95. The van der Waals surface area contributed by atoms with Gasteiger partial charge in [-0.05, 0) is 24.3 Å². The molecule has 2 rings (SSSR count). The zero-order valence-corrected chi connectivity index (χ0v) is 8.18. The molecule has 0 bridgehead atoms. The molecule has 0 aliphatic rings. The summed E-state index contributed by atoms with van der Waals surface area (Å²) in [6, 6.07) is 7.21. The summed E-state index contributed by atoms with van der Waals surface area (Å²) in [5.41, 5.74) is 0.568. The van der Waals surface area contributed by atoms with E-state index < -0.39 is 6.03 Å². The Hall–Kier alpha value is -2.50. The molecule has 1 aromatic carbocycles. The lowest BCUT2D eigenvalue weighted by Crippen LogP contribution is -2.19. The van der Waals surface area contributed by atoms with Gasteiger partial charge >= 0.3 is 6.03 Å². The van der Waals surface area contributed by atoms with Gasteiger partial charge in [0.25, 0.3) is 0 Å².